The van der Waals surface area contributed by atoms with Crippen molar-refractivity contribution in [3.8, 4) is 0 Å². The highest BCUT2D eigenvalue weighted by Crippen LogP contribution is 2.35. The molecule has 2 saturated heterocycles. The Morgan fingerprint density at radius 3 is 2.50 bits per heavy atom. The van der Waals surface area contributed by atoms with Crippen LogP contribution in [0, 0.1) is 0 Å². The second kappa shape index (κ2) is 8.41. The summed E-state index contributed by atoms with van der Waals surface area (Å²) in [4.78, 5) is 29.1. The molecule has 0 aromatic heterocycles. The standard InChI is InChI=1S/C23H23ClF3N3O2/c1-15-20(31)30(14-16-5-4-6-17(13-16)23(25,26)27)22(28-15)9-11-29(12-10-22)21(32)18-7-2-3-8-19(18)24/h2-8,13,15,28H,9-12,14H2,1H3/t15-/m1/s1. The lowest BCUT2D eigenvalue weighted by molar-refractivity contribution is -0.137. The van der Waals surface area contributed by atoms with Gasteiger partial charge in [0.25, 0.3) is 5.91 Å². The van der Waals surface area contributed by atoms with Gasteiger partial charge in [-0.05, 0) is 36.8 Å². The summed E-state index contributed by atoms with van der Waals surface area (Å²) in [5.74, 6) is -0.333. The van der Waals surface area contributed by atoms with Crippen molar-refractivity contribution in [2.45, 2.75) is 44.2 Å². The monoisotopic (exact) mass is 465 g/mol. The molecule has 2 aromatic carbocycles. The van der Waals surface area contributed by atoms with Gasteiger partial charge in [-0.2, -0.15) is 13.2 Å². The molecular formula is C23H23ClF3N3O2. The van der Waals surface area contributed by atoms with E-state index in [0.717, 1.165) is 12.1 Å². The zero-order valence-corrected chi connectivity index (χ0v) is 18.2. The fraction of sp³-hybridized carbons (Fsp3) is 0.391. The molecule has 2 amide bonds. The number of piperidine rings is 1. The fourth-order valence-electron chi connectivity index (χ4n) is 4.54. The van der Waals surface area contributed by atoms with Crippen LogP contribution in [0.1, 0.15) is 41.3 Å². The number of hydrogen-bond acceptors (Lipinski definition) is 3. The van der Waals surface area contributed by atoms with Crippen LogP contribution in [0.3, 0.4) is 0 Å². The summed E-state index contributed by atoms with van der Waals surface area (Å²) in [5, 5.41) is 3.72. The lowest BCUT2D eigenvalue weighted by atomic mass is 9.94. The van der Waals surface area contributed by atoms with Crippen molar-refractivity contribution in [3.05, 3.63) is 70.2 Å². The van der Waals surface area contributed by atoms with Crippen LogP contribution in [0.5, 0.6) is 0 Å². The Labute approximate surface area is 189 Å². The first-order chi connectivity index (χ1) is 15.1. The Morgan fingerprint density at radius 2 is 1.84 bits per heavy atom. The largest absolute Gasteiger partial charge is 0.416 e. The van der Waals surface area contributed by atoms with E-state index in [2.05, 4.69) is 5.32 Å². The lowest BCUT2D eigenvalue weighted by Gasteiger charge is -2.44. The summed E-state index contributed by atoms with van der Waals surface area (Å²) in [6.45, 7) is 2.61. The molecule has 2 aliphatic heterocycles. The number of hydrogen-bond donors (Lipinski definition) is 1. The van der Waals surface area contributed by atoms with Gasteiger partial charge >= 0.3 is 6.18 Å². The maximum absolute atomic E-state index is 13.1. The molecule has 9 heteroatoms. The van der Waals surface area contributed by atoms with Crippen LogP contribution in [0.15, 0.2) is 48.5 Å². The Bertz CT molecular complexity index is 1040. The number of carbonyl (C=O) groups excluding carboxylic acids is 2. The summed E-state index contributed by atoms with van der Waals surface area (Å²) in [6.07, 6.45) is -3.50. The predicted molar refractivity (Wildman–Crippen MR) is 114 cm³/mol. The summed E-state index contributed by atoms with van der Waals surface area (Å²) < 4.78 is 39.3. The summed E-state index contributed by atoms with van der Waals surface area (Å²) >= 11 is 6.16. The zero-order valence-electron chi connectivity index (χ0n) is 17.5. The molecule has 1 spiro atoms. The maximum Gasteiger partial charge on any atom is 0.416 e. The molecular weight excluding hydrogens is 443 g/mol. The van der Waals surface area contributed by atoms with Crippen LogP contribution in [0.2, 0.25) is 5.02 Å². The van der Waals surface area contributed by atoms with Crippen LogP contribution in [0.4, 0.5) is 13.2 Å². The third-order valence-electron chi connectivity index (χ3n) is 6.22. The Kier molecular flexibility index (Phi) is 5.94. The van der Waals surface area contributed by atoms with Crippen molar-refractivity contribution < 1.29 is 22.8 Å². The summed E-state index contributed by atoms with van der Waals surface area (Å²) in [7, 11) is 0. The van der Waals surface area contributed by atoms with Crippen LogP contribution < -0.4 is 5.32 Å². The SMILES string of the molecule is C[C@H]1NC2(CCN(C(=O)c3ccccc3Cl)CC2)N(Cc2cccc(C(F)(F)F)c2)C1=O. The first-order valence-corrected chi connectivity index (χ1v) is 10.8. The molecule has 0 saturated carbocycles. The van der Waals surface area contributed by atoms with Crippen molar-refractivity contribution in [1.82, 2.24) is 15.1 Å². The molecule has 2 aliphatic rings. The van der Waals surface area contributed by atoms with Gasteiger partial charge < -0.3 is 9.80 Å². The number of alkyl halides is 3. The minimum Gasteiger partial charge on any atom is -0.338 e. The van der Waals surface area contributed by atoms with E-state index < -0.39 is 23.4 Å². The highest BCUT2D eigenvalue weighted by atomic mass is 35.5. The van der Waals surface area contributed by atoms with E-state index in [1.165, 1.54) is 6.07 Å². The highest BCUT2D eigenvalue weighted by molar-refractivity contribution is 6.33. The van der Waals surface area contributed by atoms with Gasteiger partial charge in [-0.1, -0.05) is 35.9 Å². The lowest BCUT2D eigenvalue weighted by Crippen LogP contribution is -2.59. The number of amides is 2. The molecule has 1 N–H and O–H groups in total. The van der Waals surface area contributed by atoms with E-state index in [4.69, 9.17) is 11.6 Å². The molecule has 2 heterocycles. The van der Waals surface area contributed by atoms with Gasteiger partial charge in [-0.25, -0.2) is 0 Å². The third kappa shape index (κ3) is 4.21. The van der Waals surface area contributed by atoms with Crippen molar-refractivity contribution in [2.75, 3.05) is 13.1 Å². The Hall–Kier alpha value is -2.58. The smallest absolute Gasteiger partial charge is 0.338 e. The van der Waals surface area contributed by atoms with Crippen molar-refractivity contribution in [1.29, 1.82) is 0 Å². The molecule has 0 unspecified atom stereocenters. The summed E-state index contributed by atoms with van der Waals surface area (Å²) in [6, 6.07) is 11.4. The van der Waals surface area contributed by atoms with E-state index in [-0.39, 0.29) is 18.4 Å². The van der Waals surface area contributed by atoms with Gasteiger partial charge in [0, 0.05) is 32.5 Å². The number of likely N-dealkylation sites (tertiary alicyclic amines) is 1. The van der Waals surface area contributed by atoms with E-state index in [9.17, 15) is 22.8 Å². The van der Waals surface area contributed by atoms with Gasteiger partial charge in [-0.15, -0.1) is 0 Å². The number of rotatable bonds is 3. The minimum atomic E-state index is -4.45. The van der Waals surface area contributed by atoms with E-state index in [1.54, 1.807) is 47.1 Å². The molecule has 4 rings (SSSR count). The Balaban J connectivity index is 1.52. The van der Waals surface area contributed by atoms with Gasteiger partial charge in [0.05, 0.1) is 27.9 Å². The van der Waals surface area contributed by atoms with E-state index >= 15 is 0 Å². The van der Waals surface area contributed by atoms with Crippen molar-refractivity contribution in [2.24, 2.45) is 0 Å². The number of nitrogens with one attached hydrogen (secondary N) is 1. The van der Waals surface area contributed by atoms with Crippen LogP contribution in [-0.2, 0) is 17.5 Å². The normalized spacial score (nSPS) is 20.8. The molecule has 0 aliphatic carbocycles. The number of halogens is 4. The molecule has 2 aromatic rings. The van der Waals surface area contributed by atoms with Gasteiger partial charge in [0.15, 0.2) is 0 Å². The number of nitrogens with zero attached hydrogens (tertiary/aromatic N) is 2. The van der Waals surface area contributed by atoms with Crippen molar-refractivity contribution >= 4 is 23.4 Å². The van der Waals surface area contributed by atoms with Gasteiger partial charge in [-0.3, -0.25) is 14.9 Å². The quantitative estimate of drug-likeness (QED) is 0.735. The number of benzene rings is 2. The fourth-order valence-corrected chi connectivity index (χ4v) is 4.76. The zero-order chi connectivity index (χ0) is 23.1. The molecule has 0 bridgehead atoms. The van der Waals surface area contributed by atoms with Crippen LogP contribution in [0.25, 0.3) is 0 Å². The average molecular weight is 466 g/mol. The van der Waals surface area contributed by atoms with Gasteiger partial charge in [0.1, 0.15) is 0 Å². The molecule has 170 valence electrons. The van der Waals surface area contributed by atoms with Crippen LogP contribution in [-0.4, -0.2) is 46.4 Å². The summed E-state index contributed by atoms with van der Waals surface area (Å²) in [5.41, 5.74) is -0.605. The topological polar surface area (TPSA) is 52.7 Å². The molecule has 2 fully saturated rings. The molecule has 32 heavy (non-hydrogen) atoms. The second-order valence-corrected chi connectivity index (χ2v) is 8.70. The molecule has 5 nitrogen and oxygen atoms in total. The van der Waals surface area contributed by atoms with Crippen LogP contribution >= 0.6 is 11.6 Å². The minimum absolute atomic E-state index is 0.0680. The Morgan fingerprint density at radius 1 is 1.16 bits per heavy atom. The first-order valence-electron chi connectivity index (χ1n) is 10.4. The van der Waals surface area contributed by atoms with Crippen molar-refractivity contribution in [3.63, 3.8) is 0 Å². The highest BCUT2D eigenvalue weighted by Gasteiger charge is 2.50. The van der Waals surface area contributed by atoms with Gasteiger partial charge in [0.2, 0.25) is 5.91 Å². The average Bonchev–Trinajstić information content (AvgIpc) is 2.98. The van der Waals surface area contributed by atoms with E-state index in [0.29, 0.717) is 42.1 Å². The first kappa shape index (κ1) is 22.6. The van der Waals surface area contributed by atoms with E-state index in [1.807, 2.05) is 0 Å². The third-order valence-corrected chi connectivity index (χ3v) is 6.54. The maximum atomic E-state index is 13.1. The number of carbonyl (C=O) groups is 2. The second-order valence-electron chi connectivity index (χ2n) is 8.29. The molecule has 0 radical (unpaired) electrons. The predicted octanol–water partition coefficient (Wildman–Crippen LogP) is 4.31. The molecule has 1 atom stereocenters.